The van der Waals surface area contributed by atoms with Crippen LogP contribution in [0.3, 0.4) is 0 Å². The van der Waals surface area contributed by atoms with E-state index in [2.05, 4.69) is 15.7 Å². The van der Waals surface area contributed by atoms with Gasteiger partial charge < -0.3 is 14.8 Å². The second kappa shape index (κ2) is 8.42. The second-order valence-electron chi connectivity index (χ2n) is 6.92. The number of carbonyl (C=O) groups excluding carboxylic acids is 3. The van der Waals surface area contributed by atoms with Gasteiger partial charge >= 0.3 is 0 Å². The van der Waals surface area contributed by atoms with Gasteiger partial charge in [0.15, 0.2) is 23.6 Å². The molecule has 1 saturated heterocycles. The summed E-state index contributed by atoms with van der Waals surface area (Å²) in [5, 5.41) is 11.2. The van der Waals surface area contributed by atoms with Crippen molar-refractivity contribution in [1.29, 1.82) is 0 Å². The molecule has 32 heavy (non-hydrogen) atoms. The third-order valence-corrected chi connectivity index (χ3v) is 5.28. The van der Waals surface area contributed by atoms with Crippen LogP contribution in [0.1, 0.15) is 0 Å². The molecule has 0 aliphatic carbocycles. The molecule has 0 aromatic heterocycles. The van der Waals surface area contributed by atoms with Crippen LogP contribution in [0.5, 0.6) is 11.5 Å². The first kappa shape index (κ1) is 21.5. The topological polar surface area (TPSA) is 113 Å². The first-order valence-corrected chi connectivity index (χ1v) is 9.74. The average molecular weight is 462 g/mol. The first-order valence-electron chi connectivity index (χ1n) is 9.36. The van der Waals surface area contributed by atoms with Gasteiger partial charge in [0.2, 0.25) is 5.91 Å². The zero-order valence-electron chi connectivity index (χ0n) is 16.9. The summed E-state index contributed by atoms with van der Waals surface area (Å²) in [6.07, 6.45) is 0. The highest BCUT2D eigenvalue weighted by molar-refractivity contribution is 6.31. The third kappa shape index (κ3) is 3.71. The minimum atomic E-state index is -1.07. The number of nitrogens with zero attached hydrogens (tertiary/aromatic N) is 4. The monoisotopic (exact) mass is 461 g/mol. The molecular formula is C20H17ClFN5O5. The summed E-state index contributed by atoms with van der Waals surface area (Å²) in [5.74, 6) is -1.52. The fraction of sp³-hybridized carbons (Fsp3) is 0.250. The molecule has 0 unspecified atom stereocenters. The molecule has 3 amide bonds. The van der Waals surface area contributed by atoms with Crippen LogP contribution in [0.15, 0.2) is 46.7 Å². The highest BCUT2D eigenvalue weighted by Gasteiger charge is 2.55. The Labute approximate surface area is 186 Å². The van der Waals surface area contributed by atoms with E-state index in [4.69, 9.17) is 21.1 Å². The number of hydrogen-bond acceptors (Lipinski definition) is 8. The molecule has 0 radical (unpaired) electrons. The van der Waals surface area contributed by atoms with Crippen LogP contribution in [0, 0.1) is 5.82 Å². The van der Waals surface area contributed by atoms with Crippen LogP contribution in [0.25, 0.3) is 0 Å². The largest absolute Gasteiger partial charge is 0.493 e. The van der Waals surface area contributed by atoms with Crippen molar-refractivity contribution in [3.63, 3.8) is 0 Å². The van der Waals surface area contributed by atoms with Crippen LogP contribution in [0.2, 0.25) is 5.02 Å². The van der Waals surface area contributed by atoms with Crippen molar-refractivity contribution in [2.45, 2.75) is 12.1 Å². The number of rotatable bonds is 6. The van der Waals surface area contributed by atoms with Crippen molar-refractivity contribution in [2.24, 2.45) is 10.3 Å². The fourth-order valence-electron chi connectivity index (χ4n) is 3.49. The van der Waals surface area contributed by atoms with Gasteiger partial charge in [-0.3, -0.25) is 19.4 Å². The molecule has 10 nitrogen and oxygen atoms in total. The summed E-state index contributed by atoms with van der Waals surface area (Å²) in [5.41, 5.74) is 0.558. The number of fused-ring (bicyclic) bond motifs is 1. The zero-order chi connectivity index (χ0) is 23.0. The number of methoxy groups -OCH3 is 2. The number of amides is 3. The maximum Gasteiger partial charge on any atom is 0.263 e. The Hall–Kier alpha value is -3.73. The molecule has 166 valence electrons. The normalized spacial score (nSPS) is 19.4. The van der Waals surface area contributed by atoms with Crippen molar-refractivity contribution in [2.75, 3.05) is 31.0 Å². The summed E-state index contributed by atoms with van der Waals surface area (Å²) >= 11 is 5.72. The average Bonchev–Trinajstić information content (AvgIpc) is 3.29. The van der Waals surface area contributed by atoms with Gasteiger partial charge in [-0.2, -0.15) is 5.11 Å². The van der Waals surface area contributed by atoms with Crippen LogP contribution in [0.4, 0.5) is 15.8 Å². The molecule has 4 rings (SSSR count). The maximum absolute atomic E-state index is 13.3. The first-order chi connectivity index (χ1) is 15.3. The molecule has 2 atom stereocenters. The van der Waals surface area contributed by atoms with Crippen LogP contribution >= 0.6 is 11.6 Å². The van der Waals surface area contributed by atoms with Crippen LogP contribution in [-0.4, -0.2) is 55.6 Å². The van der Waals surface area contributed by atoms with Crippen LogP contribution < -0.4 is 19.7 Å². The van der Waals surface area contributed by atoms with Crippen molar-refractivity contribution < 1.29 is 28.2 Å². The van der Waals surface area contributed by atoms with E-state index in [-0.39, 0.29) is 22.9 Å². The highest BCUT2D eigenvalue weighted by Crippen LogP contribution is 2.36. The third-order valence-electron chi connectivity index (χ3n) is 4.99. The molecule has 12 heteroatoms. The standard InChI is InChI=1S/C20H17ClFN5O5/c1-31-14-6-4-11(8-15(14)32-2)27-19(29)17-18(20(27)30)26(25-24-17)9-16(28)23-10-3-5-13(22)12(21)7-10/h3-8,17-18H,9H2,1-2H3,(H,23,28)/t17-,18-/m0/s1. The van der Waals surface area contributed by atoms with Gasteiger partial charge in [0.25, 0.3) is 11.8 Å². The zero-order valence-corrected chi connectivity index (χ0v) is 17.7. The Bertz CT molecular complexity index is 1140. The lowest BCUT2D eigenvalue weighted by atomic mass is 10.1. The molecule has 2 aromatic carbocycles. The predicted molar refractivity (Wildman–Crippen MR) is 111 cm³/mol. The predicted octanol–water partition coefficient (Wildman–Crippen LogP) is 2.43. The lowest BCUT2D eigenvalue weighted by Gasteiger charge is -2.20. The quantitative estimate of drug-likeness (QED) is 0.661. The molecule has 2 aromatic rings. The van der Waals surface area contributed by atoms with E-state index >= 15 is 0 Å². The molecule has 2 aliphatic heterocycles. The summed E-state index contributed by atoms with van der Waals surface area (Å²) in [7, 11) is 2.91. The second-order valence-corrected chi connectivity index (χ2v) is 7.33. The van der Waals surface area contributed by atoms with Gasteiger partial charge in [0, 0.05) is 11.8 Å². The smallest absolute Gasteiger partial charge is 0.263 e. The number of carbonyl (C=O) groups is 3. The molecule has 2 heterocycles. The van der Waals surface area contributed by atoms with Crippen molar-refractivity contribution in [3.8, 4) is 11.5 Å². The Morgan fingerprint density at radius 1 is 1.12 bits per heavy atom. The van der Waals surface area contributed by atoms with Gasteiger partial charge in [0.05, 0.1) is 24.9 Å². The van der Waals surface area contributed by atoms with Crippen molar-refractivity contribution >= 4 is 40.7 Å². The summed E-state index contributed by atoms with van der Waals surface area (Å²) in [6.45, 7) is -0.349. The minimum absolute atomic E-state index is 0.147. The Morgan fingerprint density at radius 2 is 1.88 bits per heavy atom. The molecule has 1 fully saturated rings. The van der Waals surface area contributed by atoms with E-state index in [9.17, 15) is 18.8 Å². The minimum Gasteiger partial charge on any atom is -0.493 e. The highest BCUT2D eigenvalue weighted by atomic mass is 35.5. The molecule has 0 bridgehead atoms. The van der Waals surface area contributed by atoms with Crippen molar-refractivity contribution in [3.05, 3.63) is 47.2 Å². The van der Waals surface area contributed by atoms with Gasteiger partial charge in [-0.15, -0.1) is 0 Å². The Kier molecular flexibility index (Phi) is 5.66. The van der Waals surface area contributed by atoms with E-state index in [1.54, 1.807) is 12.1 Å². The van der Waals surface area contributed by atoms with Gasteiger partial charge in [-0.1, -0.05) is 16.8 Å². The maximum atomic E-state index is 13.3. The summed E-state index contributed by atoms with van der Waals surface area (Å²) < 4.78 is 23.7. The number of imide groups is 1. The number of halogens is 2. The molecule has 2 aliphatic rings. The summed E-state index contributed by atoms with van der Waals surface area (Å²) in [6, 6.07) is 6.21. The lowest BCUT2D eigenvalue weighted by Crippen LogP contribution is -2.43. The van der Waals surface area contributed by atoms with E-state index in [1.165, 1.54) is 32.4 Å². The molecule has 1 N–H and O–H groups in total. The van der Waals surface area contributed by atoms with Gasteiger partial charge in [0.1, 0.15) is 12.4 Å². The number of nitrogens with one attached hydrogen (secondary N) is 1. The fourth-order valence-corrected chi connectivity index (χ4v) is 3.67. The lowest BCUT2D eigenvalue weighted by molar-refractivity contribution is -0.123. The van der Waals surface area contributed by atoms with Gasteiger partial charge in [-0.25, -0.2) is 9.29 Å². The van der Waals surface area contributed by atoms with Gasteiger partial charge in [-0.05, 0) is 30.3 Å². The van der Waals surface area contributed by atoms with Crippen LogP contribution in [-0.2, 0) is 14.4 Å². The molecule has 0 spiro atoms. The van der Waals surface area contributed by atoms with E-state index in [0.717, 1.165) is 16.0 Å². The van der Waals surface area contributed by atoms with E-state index < -0.39 is 35.6 Å². The number of anilines is 2. The SMILES string of the molecule is COc1ccc(N2C(=O)[C@H]3N=NN(CC(=O)Nc4ccc(F)c(Cl)c4)[C@@H]3C2=O)cc1OC. The number of ether oxygens (including phenoxy) is 2. The van der Waals surface area contributed by atoms with Crippen molar-refractivity contribution in [1.82, 2.24) is 5.01 Å². The number of benzene rings is 2. The molecule has 0 saturated carbocycles. The van der Waals surface area contributed by atoms with E-state index in [0.29, 0.717) is 11.5 Å². The number of hydrogen-bond donors (Lipinski definition) is 1. The molecular weight excluding hydrogens is 445 g/mol. The summed E-state index contributed by atoms with van der Waals surface area (Å²) in [4.78, 5) is 39.3. The van der Waals surface area contributed by atoms with E-state index in [1.807, 2.05) is 0 Å². The Balaban J connectivity index is 1.50. The Morgan fingerprint density at radius 3 is 2.56 bits per heavy atom.